The van der Waals surface area contributed by atoms with Crippen LogP contribution in [0.5, 0.6) is 0 Å². The molecule has 1 aliphatic heterocycles. The van der Waals surface area contributed by atoms with Gasteiger partial charge < -0.3 is 9.42 Å². The minimum atomic E-state index is -0.179. The molecule has 1 saturated heterocycles. The first-order valence-corrected chi connectivity index (χ1v) is 10.1. The van der Waals surface area contributed by atoms with Crippen molar-refractivity contribution in [1.82, 2.24) is 19.7 Å². The van der Waals surface area contributed by atoms with Gasteiger partial charge in [0.2, 0.25) is 11.8 Å². The van der Waals surface area contributed by atoms with E-state index >= 15 is 0 Å². The van der Waals surface area contributed by atoms with Gasteiger partial charge in [-0.15, -0.1) is 0 Å². The van der Waals surface area contributed by atoms with Crippen LogP contribution in [0.15, 0.2) is 58.1 Å². The number of rotatable bonds is 4. The molecule has 0 bridgehead atoms. The molecule has 0 spiro atoms. The predicted molar refractivity (Wildman–Crippen MR) is 115 cm³/mol. The highest BCUT2D eigenvalue weighted by Crippen LogP contribution is 2.31. The van der Waals surface area contributed by atoms with Gasteiger partial charge in [0.15, 0.2) is 5.82 Å². The highest BCUT2D eigenvalue weighted by Gasteiger charge is 2.35. The lowest BCUT2D eigenvalue weighted by atomic mass is 10.1. The summed E-state index contributed by atoms with van der Waals surface area (Å²) in [4.78, 5) is 35.8. The Morgan fingerprint density at radius 3 is 2.77 bits per heavy atom. The lowest BCUT2D eigenvalue weighted by molar-refractivity contribution is -0.117. The topological polar surface area (TPSA) is 94.1 Å². The standard InChI is InChI=1S/C23H21N5O3/c1-14-7-8-17(9-15(14)2)28-11-16(10-21(28)29)22-25-20(26-31-22)12-27-13-24-19-6-4-3-5-18(19)23(27)30/h3-9,13,16H,10-12H2,1-2H3. The molecule has 4 aromatic rings. The molecule has 1 aliphatic rings. The lowest BCUT2D eigenvalue weighted by Crippen LogP contribution is -2.24. The number of benzene rings is 2. The maximum Gasteiger partial charge on any atom is 0.261 e. The van der Waals surface area contributed by atoms with E-state index in [2.05, 4.69) is 15.1 Å². The summed E-state index contributed by atoms with van der Waals surface area (Å²) in [6.07, 6.45) is 1.80. The van der Waals surface area contributed by atoms with Gasteiger partial charge in [0.05, 0.1) is 29.7 Å². The van der Waals surface area contributed by atoms with Crippen molar-refractivity contribution in [1.29, 1.82) is 0 Å². The van der Waals surface area contributed by atoms with Gasteiger partial charge >= 0.3 is 0 Å². The third kappa shape index (κ3) is 3.50. The Morgan fingerprint density at radius 2 is 1.94 bits per heavy atom. The Balaban J connectivity index is 1.35. The van der Waals surface area contributed by atoms with Gasteiger partial charge in [-0.25, -0.2) is 4.98 Å². The second-order valence-corrected chi connectivity index (χ2v) is 7.92. The van der Waals surface area contributed by atoms with Crippen molar-refractivity contribution in [2.75, 3.05) is 11.4 Å². The minimum Gasteiger partial charge on any atom is -0.339 e. The number of para-hydroxylation sites is 1. The first-order valence-electron chi connectivity index (χ1n) is 10.1. The van der Waals surface area contributed by atoms with Gasteiger partial charge in [0.25, 0.3) is 5.56 Å². The highest BCUT2D eigenvalue weighted by atomic mass is 16.5. The molecule has 156 valence electrons. The summed E-state index contributed by atoms with van der Waals surface area (Å²) in [6.45, 7) is 4.72. The number of fused-ring (bicyclic) bond motifs is 1. The molecule has 3 heterocycles. The summed E-state index contributed by atoms with van der Waals surface area (Å²) in [5.41, 5.74) is 3.70. The van der Waals surface area contributed by atoms with Crippen LogP contribution >= 0.6 is 0 Å². The number of hydrogen-bond acceptors (Lipinski definition) is 6. The summed E-state index contributed by atoms with van der Waals surface area (Å²) in [6, 6.07) is 13.2. The zero-order chi connectivity index (χ0) is 21.5. The van der Waals surface area contributed by atoms with Crippen molar-refractivity contribution in [3.8, 4) is 0 Å². The molecule has 5 rings (SSSR count). The number of aromatic nitrogens is 4. The second kappa shape index (κ2) is 7.46. The molecule has 8 heteroatoms. The molecule has 0 N–H and O–H groups in total. The molecule has 1 amide bonds. The van der Waals surface area contributed by atoms with Gasteiger partial charge in [-0.1, -0.05) is 23.4 Å². The Kier molecular flexibility index (Phi) is 4.62. The third-order valence-corrected chi connectivity index (χ3v) is 5.80. The fourth-order valence-electron chi connectivity index (χ4n) is 3.88. The Labute approximate surface area is 178 Å². The van der Waals surface area contributed by atoms with Crippen LogP contribution in [0.25, 0.3) is 10.9 Å². The average Bonchev–Trinajstić information content (AvgIpc) is 3.39. The highest BCUT2D eigenvalue weighted by molar-refractivity contribution is 5.96. The predicted octanol–water partition coefficient (Wildman–Crippen LogP) is 2.97. The van der Waals surface area contributed by atoms with E-state index in [4.69, 9.17) is 4.52 Å². The molecule has 2 aromatic carbocycles. The first-order chi connectivity index (χ1) is 15.0. The number of anilines is 1. The lowest BCUT2D eigenvalue weighted by Gasteiger charge is -2.17. The molecule has 1 fully saturated rings. The van der Waals surface area contributed by atoms with E-state index in [-0.39, 0.29) is 23.9 Å². The molecule has 8 nitrogen and oxygen atoms in total. The van der Waals surface area contributed by atoms with Gasteiger partial charge in [0.1, 0.15) is 0 Å². The van der Waals surface area contributed by atoms with Crippen LogP contribution in [0.4, 0.5) is 5.69 Å². The molecule has 1 unspecified atom stereocenters. The van der Waals surface area contributed by atoms with E-state index in [9.17, 15) is 9.59 Å². The van der Waals surface area contributed by atoms with Crippen molar-refractivity contribution in [3.05, 3.63) is 82.0 Å². The number of aryl methyl sites for hydroxylation is 2. The normalized spacial score (nSPS) is 16.4. The maximum absolute atomic E-state index is 12.7. The molecule has 0 radical (unpaired) electrons. The van der Waals surface area contributed by atoms with Crippen molar-refractivity contribution < 1.29 is 9.32 Å². The number of amides is 1. The van der Waals surface area contributed by atoms with Crippen molar-refractivity contribution >= 4 is 22.5 Å². The van der Waals surface area contributed by atoms with Crippen molar-refractivity contribution in [2.45, 2.75) is 32.7 Å². The third-order valence-electron chi connectivity index (χ3n) is 5.80. The Bertz CT molecular complexity index is 1360. The van der Waals surface area contributed by atoms with Crippen molar-refractivity contribution in [3.63, 3.8) is 0 Å². The fourth-order valence-corrected chi connectivity index (χ4v) is 3.88. The summed E-state index contributed by atoms with van der Waals surface area (Å²) >= 11 is 0. The second-order valence-electron chi connectivity index (χ2n) is 7.92. The van der Waals surface area contributed by atoms with Crippen LogP contribution in [-0.4, -0.2) is 32.1 Å². The molecule has 0 saturated carbocycles. The van der Waals surface area contributed by atoms with E-state index in [1.165, 1.54) is 16.5 Å². The average molecular weight is 415 g/mol. The van der Waals surface area contributed by atoms with E-state index in [0.29, 0.717) is 35.6 Å². The Morgan fingerprint density at radius 1 is 1.10 bits per heavy atom. The quantitative estimate of drug-likeness (QED) is 0.509. The van der Waals surface area contributed by atoms with Crippen LogP contribution in [0.1, 0.15) is 35.2 Å². The largest absolute Gasteiger partial charge is 0.339 e. The molecule has 31 heavy (non-hydrogen) atoms. The number of carbonyl (C=O) groups is 1. The fraction of sp³-hybridized carbons (Fsp3) is 0.261. The van der Waals surface area contributed by atoms with E-state index in [1.54, 1.807) is 23.1 Å². The van der Waals surface area contributed by atoms with Gasteiger partial charge in [-0.3, -0.25) is 14.2 Å². The van der Waals surface area contributed by atoms with E-state index in [0.717, 1.165) is 11.3 Å². The van der Waals surface area contributed by atoms with Crippen LogP contribution in [0.2, 0.25) is 0 Å². The molecule has 1 atom stereocenters. The van der Waals surface area contributed by atoms with Crippen LogP contribution < -0.4 is 10.5 Å². The van der Waals surface area contributed by atoms with Crippen LogP contribution in [0, 0.1) is 13.8 Å². The Hall–Kier alpha value is -3.81. The van der Waals surface area contributed by atoms with Crippen molar-refractivity contribution in [2.24, 2.45) is 0 Å². The summed E-state index contributed by atoms with van der Waals surface area (Å²) in [5, 5.41) is 4.56. The molecule has 0 aliphatic carbocycles. The SMILES string of the molecule is Cc1ccc(N2CC(c3nc(Cn4cnc5ccccc5c4=O)no3)CC2=O)cc1C. The van der Waals surface area contributed by atoms with Gasteiger partial charge in [0, 0.05) is 18.7 Å². The number of hydrogen-bond donors (Lipinski definition) is 0. The maximum atomic E-state index is 12.7. The zero-order valence-corrected chi connectivity index (χ0v) is 17.3. The minimum absolute atomic E-state index is 0.0305. The smallest absolute Gasteiger partial charge is 0.261 e. The van der Waals surface area contributed by atoms with Gasteiger partial charge in [-0.05, 0) is 49.2 Å². The molecule has 2 aromatic heterocycles. The molecular formula is C23H21N5O3. The summed E-state index contributed by atoms with van der Waals surface area (Å²) < 4.78 is 6.90. The summed E-state index contributed by atoms with van der Waals surface area (Å²) in [5.74, 6) is 0.646. The molecular weight excluding hydrogens is 394 g/mol. The monoisotopic (exact) mass is 415 g/mol. The number of nitrogens with zero attached hydrogens (tertiary/aromatic N) is 5. The zero-order valence-electron chi connectivity index (χ0n) is 17.3. The summed E-state index contributed by atoms with van der Waals surface area (Å²) in [7, 11) is 0. The van der Waals surface area contributed by atoms with Crippen LogP contribution in [-0.2, 0) is 11.3 Å². The van der Waals surface area contributed by atoms with E-state index < -0.39 is 0 Å². The van der Waals surface area contributed by atoms with Crippen LogP contribution in [0.3, 0.4) is 0 Å². The van der Waals surface area contributed by atoms with Gasteiger partial charge in [-0.2, -0.15) is 4.98 Å². The first kappa shape index (κ1) is 19.2. The number of carbonyl (C=O) groups excluding carboxylic acids is 1. The van der Waals surface area contributed by atoms with E-state index in [1.807, 2.05) is 38.1 Å².